The number of ether oxygens (including phenoxy) is 1. The minimum Gasteiger partial charge on any atom is -0.497 e. The van der Waals surface area contributed by atoms with Crippen molar-refractivity contribution in [2.75, 3.05) is 20.2 Å². The molecule has 0 aromatic heterocycles. The van der Waals surface area contributed by atoms with Crippen LogP contribution in [0.3, 0.4) is 0 Å². The average Bonchev–Trinajstić information content (AvgIpc) is 2.62. The molecule has 126 valence electrons. The molecule has 0 spiro atoms. The van der Waals surface area contributed by atoms with Crippen LogP contribution in [0.5, 0.6) is 5.75 Å². The van der Waals surface area contributed by atoms with Gasteiger partial charge in [-0.15, -0.1) is 6.58 Å². The van der Waals surface area contributed by atoms with Gasteiger partial charge in [0.2, 0.25) is 5.91 Å². The molecule has 0 fully saturated rings. The van der Waals surface area contributed by atoms with Gasteiger partial charge in [-0.1, -0.05) is 30.3 Å². The molecule has 4 nitrogen and oxygen atoms in total. The van der Waals surface area contributed by atoms with Crippen LogP contribution in [-0.2, 0) is 4.79 Å². The molecule has 0 aliphatic carbocycles. The van der Waals surface area contributed by atoms with E-state index in [4.69, 9.17) is 4.74 Å². The summed E-state index contributed by atoms with van der Waals surface area (Å²) < 4.78 is 18.4. The lowest BCUT2D eigenvalue weighted by molar-refractivity contribution is -0.120. The van der Waals surface area contributed by atoms with E-state index < -0.39 is 0 Å². The number of halogens is 1. The number of hydrogen-bond acceptors (Lipinski definition) is 3. The molecule has 1 atom stereocenters. The molecule has 0 bridgehead atoms. The fourth-order valence-electron chi connectivity index (χ4n) is 2.32. The highest BCUT2D eigenvalue weighted by Gasteiger charge is 2.15. The van der Waals surface area contributed by atoms with Crippen molar-refractivity contribution in [1.82, 2.24) is 10.6 Å². The zero-order valence-corrected chi connectivity index (χ0v) is 13.6. The third kappa shape index (κ3) is 4.93. The molecule has 24 heavy (non-hydrogen) atoms. The number of amides is 1. The summed E-state index contributed by atoms with van der Waals surface area (Å²) in [6.07, 6.45) is 1.62. The second kappa shape index (κ2) is 8.84. The fourth-order valence-corrected chi connectivity index (χ4v) is 2.32. The Bertz CT molecular complexity index is 669. The molecule has 0 aliphatic heterocycles. The monoisotopic (exact) mass is 328 g/mol. The molecule has 2 N–H and O–H groups in total. The van der Waals surface area contributed by atoms with Gasteiger partial charge in [0.15, 0.2) is 0 Å². The summed E-state index contributed by atoms with van der Waals surface area (Å²) in [6.45, 7) is 4.13. The fraction of sp³-hybridized carbons (Fsp3) is 0.211. The standard InChI is InChI=1S/C19H21FN2O2/c1-3-12-21-18(23)13-22-19(14-4-8-16(20)9-5-14)15-6-10-17(24-2)11-7-15/h3-11,19,22H,1,12-13H2,2H3,(H,21,23)/t19-/m1/s1. The van der Waals surface area contributed by atoms with Gasteiger partial charge in [0, 0.05) is 6.54 Å². The van der Waals surface area contributed by atoms with E-state index in [1.54, 1.807) is 25.3 Å². The first-order chi connectivity index (χ1) is 11.6. The van der Waals surface area contributed by atoms with Crippen LogP contribution in [0.1, 0.15) is 17.2 Å². The number of hydrogen-bond donors (Lipinski definition) is 2. The van der Waals surface area contributed by atoms with Gasteiger partial charge in [-0.2, -0.15) is 0 Å². The van der Waals surface area contributed by atoms with Gasteiger partial charge < -0.3 is 10.1 Å². The molecule has 0 radical (unpaired) electrons. The third-order valence-corrected chi connectivity index (χ3v) is 3.56. The van der Waals surface area contributed by atoms with Gasteiger partial charge >= 0.3 is 0 Å². The zero-order chi connectivity index (χ0) is 17.4. The first-order valence-electron chi connectivity index (χ1n) is 7.64. The van der Waals surface area contributed by atoms with Crippen LogP contribution < -0.4 is 15.4 Å². The van der Waals surface area contributed by atoms with Crippen molar-refractivity contribution < 1.29 is 13.9 Å². The summed E-state index contributed by atoms with van der Waals surface area (Å²) in [5, 5.41) is 5.93. The minimum absolute atomic E-state index is 0.129. The van der Waals surface area contributed by atoms with Crippen LogP contribution in [0.4, 0.5) is 4.39 Å². The second-order valence-corrected chi connectivity index (χ2v) is 5.23. The SMILES string of the molecule is C=CCNC(=O)CN[C@H](c1ccc(F)cc1)c1ccc(OC)cc1. The highest BCUT2D eigenvalue weighted by molar-refractivity contribution is 5.78. The van der Waals surface area contributed by atoms with Crippen molar-refractivity contribution in [2.24, 2.45) is 0 Å². The first kappa shape index (κ1) is 17.7. The van der Waals surface area contributed by atoms with E-state index in [9.17, 15) is 9.18 Å². The van der Waals surface area contributed by atoms with Crippen LogP contribution in [0.2, 0.25) is 0 Å². The number of rotatable bonds is 8. The predicted octanol–water partition coefficient (Wildman–Crippen LogP) is 2.82. The topological polar surface area (TPSA) is 50.4 Å². The van der Waals surface area contributed by atoms with Crippen LogP contribution in [0, 0.1) is 5.82 Å². The number of carbonyl (C=O) groups excluding carboxylic acids is 1. The van der Waals surface area contributed by atoms with Crippen molar-refractivity contribution in [3.63, 3.8) is 0 Å². The molecule has 2 aromatic rings. The Hall–Kier alpha value is -2.66. The molecular weight excluding hydrogens is 307 g/mol. The van der Waals surface area contributed by atoms with E-state index in [1.165, 1.54) is 12.1 Å². The predicted molar refractivity (Wildman–Crippen MR) is 92.4 cm³/mol. The molecule has 2 rings (SSSR count). The van der Waals surface area contributed by atoms with Crippen LogP contribution in [0.15, 0.2) is 61.2 Å². The van der Waals surface area contributed by atoms with Crippen molar-refractivity contribution in [2.45, 2.75) is 6.04 Å². The summed E-state index contributed by atoms with van der Waals surface area (Å²) in [6, 6.07) is 13.5. The molecule has 5 heteroatoms. The van der Waals surface area contributed by atoms with E-state index in [2.05, 4.69) is 17.2 Å². The van der Waals surface area contributed by atoms with Crippen LogP contribution in [-0.4, -0.2) is 26.1 Å². The second-order valence-electron chi connectivity index (χ2n) is 5.23. The lowest BCUT2D eigenvalue weighted by Crippen LogP contribution is -2.36. The number of nitrogens with one attached hydrogen (secondary N) is 2. The Kier molecular flexibility index (Phi) is 6.51. The Morgan fingerprint density at radius 2 is 1.75 bits per heavy atom. The first-order valence-corrected chi connectivity index (χ1v) is 7.64. The van der Waals surface area contributed by atoms with E-state index in [1.807, 2.05) is 24.3 Å². The molecule has 0 saturated carbocycles. The van der Waals surface area contributed by atoms with Gasteiger partial charge in [-0.3, -0.25) is 10.1 Å². The van der Waals surface area contributed by atoms with Gasteiger partial charge in [-0.25, -0.2) is 4.39 Å². The zero-order valence-electron chi connectivity index (χ0n) is 13.6. The summed E-state index contributed by atoms with van der Waals surface area (Å²) in [5.41, 5.74) is 1.83. The molecule has 0 saturated heterocycles. The Morgan fingerprint density at radius 3 is 2.29 bits per heavy atom. The van der Waals surface area contributed by atoms with Crippen LogP contribution >= 0.6 is 0 Å². The number of carbonyl (C=O) groups is 1. The van der Waals surface area contributed by atoms with E-state index in [0.29, 0.717) is 6.54 Å². The summed E-state index contributed by atoms with van der Waals surface area (Å²) >= 11 is 0. The normalized spacial score (nSPS) is 11.6. The number of benzene rings is 2. The summed E-state index contributed by atoms with van der Waals surface area (Å²) in [5.74, 6) is 0.326. The smallest absolute Gasteiger partial charge is 0.234 e. The maximum absolute atomic E-state index is 13.2. The molecule has 1 amide bonds. The summed E-state index contributed by atoms with van der Waals surface area (Å²) in [4.78, 5) is 11.8. The molecule has 0 aliphatic rings. The van der Waals surface area contributed by atoms with Crippen molar-refractivity contribution >= 4 is 5.91 Å². The maximum atomic E-state index is 13.2. The lowest BCUT2D eigenvalue weighted by atomic mass is 9.98. The van der Waals surface area contributed by atoms with Gasteiger partial charge in [0.05, 0.1) is 19.7 Å². The van der Waals surface area contributed by atoms with E-state index >= 15 is 0 Å². The van der Waals surface area contributed by atoms with E-state index in [-0.39, 0.29) is 24.3 Å². The lowest BCUT2D eigenvalue weighted by Gasteiger charge is -2.20. The van der Waals surface area contributed by atoms with Gasteiger partial charge in [0.25, 0.3) is 0 Å². The van der Waals surface area contributed by atoms with Gasteiger partial charge in [0.1, 0.15) is 11.6 Å². The van der Waals surface area contributed by atoms with Crippen molar-refractivity contribution in [1.29, 1.82) is 0 Å². The van der Waals surface area contributed by atoms with Crippen molar-refractivity contribution in [3.05, 3.63) is 78.1 Å². The maximum Gasteiger partial charge on any atom is 0.234 e. The molecular formula is C19H21FN2O2. The number of methoxy groups -OCH3 is 1. The summed E-state index contributed by atoms with van der Waals surface area (Å²) in [7, 11) is 1.61. The highest BCUT2D eigenvalue weighted by atomic mass is 19.1. The minimum atomic E-state index is -0.295. The quantitative estimate of drug-likeness (QED) is 0.733. The Morgan fingerprint density at radius 1 is 1.17 bits per heavy atom. The largest absolute Gasteiger partial charge is 0.497 e. The van der Waals surface area contributed by atoms with Crippen molar-refractivity contribution in [3.8, 4) is 5.75 Å². The highest BCUT2D eigenvalue weighted by Crippen LogP contribution is 2.24. The molecule has 0 heterocycles. The Labute approximate surface area is 141 Å². The molecule has 0 unspecified atom stereocenters. The van der Waals surface area contributed by atoms with Gasteiger partial charge in [-0.05, 0) is 35.4 Å². The molecule has 2 aromatic carbocycles. The Balaban J connectivity index is 2.18. The average molecular weight is 328 g/mol. The third-order valence-electron chi connectivity index (χ3n) is 3.56. The van der Waals surface area contributed by atoms with Crippen LogP contribution in [0.25, 0.3) is 0 Å². The van der Waals surface area contributed by atoms with E-state index in [0.717, 1.165) is 16.9 Å².